The molecule has 16 heteroatoms. The van der Waals surface area contributed by atoms with E-state index >= 15 is 0 Å². The zero-order valence-electron chi connectivity index (χ0n) is 18.9. The van der Waals surface area contributed by atoms with Crippen molar-refractivity contribution in [3.63, 3.8) is 0 Å². The summed E-state index contributed by atoms with van der Waals surface area (Å²) in [4.78, 5) is 70.3. The van der Waals surface area contributed by atoms with Crippen LogP contribution in [0.1, 0.15) is 31.4 Å². The molecule has 16 nitrogen and oxygen atoms in total. The summed E-state index contributed by atoms with van der Waals surface area (Å²) in [5, 5.41) is 25.5. The van der Waals surface area contributed by atoms with E-state index in [1.54, 1.807) is 0 Å². The van der Waals surface area contributed by atoms with Gasteiger partial charge in [0.25, 0.3) is 0 Å². The fraction of sp³-hybridized carbons (Fsp3) is 0.526. The number of carbonyl (C=O) groups excluding carboxylic acids is 3. The maximum Gasteiger partial charge on any atom is 0.326 e. The third-order valence-corrected chi connectivity index (χ3v) is 4.66. The largest absolute Gasteiger partial charge is 0.481 e. The van der Waals surface area contributed by atoms with E-state index in [1.807, 2.05) is 0 Å². The van der Waals surface area contributed by atoms with Crippen LogP contribution in [0.2, 0.25) is 0 Å². The number of nitrogens with two attached hydrogens (primary N) is 3. The maximum absolute atomic E-state index is 12.9. The summed E-state index contributed by atoms with van der Waals surface area (Å²) in [5.41, 5.74) is 16.3. The number of carboxylic acids is 2. The van der Waals surface area contributed by atoms with Crippen molar-refractivity contribution < 1.29 is 34.2 Å². The van der Waals surface area contributed by atoms with Gasteiger partial charge < -0.3 is 48.3 Å². The molecule has 3 unspecified atom stereocenters. The fourth-order valence-electron chi connectivity index (χ4n) is 2.92. The van der Waals surface area contributed by atoms with Gasteiger partial charge in [0.2, 0.25) is 17.7 Å². The number of aromatic nitrogens is 2. The predicted molar refractivity (Wildman–Crippen MR) is 122 cm³/mol. The Morgan fingerprint density at radius 3 is 2.14 bits per heavy atom. The topological polar surface area (TPSA) is 281 Å². The molecule has 0 spiro atoms. The lowest BCUT2D eigenvalue weighted by Crippen LogP contribution is -2.56. The molecule has 1 rings (SSSR count). The lowest BCUT2D eigenvalue weighted by atomic mass is 10.1. The van der Waals surface area contributed by atoms with Crippen molar-refractivity contribution in [3.8, 4) is 0 Å². The van der Waals surface area contributed by atoms with Crippen molar-refractivity contribution in [2.75, 3.05) is 13.1 Å². The zero-order chi connectivity index (χ0) is 26.4. The first-order valence-corrected chi connectivity index (χ1v) is 10.6. The number of hydrogen-bond acceptors (Lipinski definition) is 8. The Hall–Kier alpha value is -4.21. The number of H-pyrrole nitrogens is 1. The van der Waals surface area contributed by atoms with Crippen LogP contribution >= 0.6 is 0 Å². The van der Waals surface area contributed by atoms with Gasteiger partial charge in [-0.05, 0) is 19.3 Å². The maximum atomic E-state index is 12.9. The summed E-state index contributed by atoms with van der Waals surface area (Å²) in [5.74, 6) is -5.02. The number of aromatic amines is 1. The number of nitrogens with zero attached hydrogens (tertiary/aromatic N) is 2. The van der Waals surface area contributed by atoms with Crippen LogP contribution in [0.4, 0.5) is 0 Å². The molecule has 0 saturated heterocycles. The lowest BCUT2D eigenvalue weighted by Gasteiger charge is -2.24. The molecule has 1 aromatic heterocycles. The van der Waals surface area contributed by atoms with Gasteiger partial charge in [0.1, 0.15) is 18.1 Å². The van der Waals surface area contributed by atoms with E-state index in [4.69, 9.17) is 22.3 Å². The molecular formula is C19H31N9O7. The van der Waals surface area contributed by atoms with Crippen molar-refractivity contribution in [2.45, 2.75) is 50.2 Å². The standard InChI is InChI=1S/C19H31N9O7/c20-7-14(29)26-12(3-4-15(30)31)17(33)27-11(2-1-5-24-19(21)22)16(32)28-13(18(34)35)6-10-8-23-9-25-10/h8-9,11-13H,1-7,20H2,(H,23,25)(H,26,29)(H,27,33)(H,28,32)(H,30,31)(H,34,35)(H4,21,22,24). The number of aliphatic imine (C=N–C) groups is 1. The third kappa shape index (κ3) is 11.5. The van der Waals surface area contributed by atoms with Crippen LogP contribution in [-0.2, 0) is 30.4 Å². The summed E-state index contributed by atoms with van der Waals surface area (Å²) >= 11 is 0. The second kappa shape index (κ2) is 14.8. The molecule has 3 amide bonds. The molecule has 0 aliphatic rings. The van der Waals surface area contributed by atoms with Crippen LogP contribution in [0.25, 0.3) is 0 Å². The Morgan fingerprint density at radius 1 is 1.00 bits per heavy atom. The highest BCUT2D eigenvalue weighted by Crippen LogP contribution is 2.05. The van der Waals surface area contributed by atoms with E-state index in [0.717, 1.165) is 0 Å². The summed E-state index contributed by atoms with van der Waals surface area (Å²) < 4.78 is 0. The normalized spacial score (nSPS) is 13.1. The Bertz CT molecular complexity index is 900. The first kappa shape index (κ1) is 28.8. The number of imidazole rings is 1. The van der Waals surface area contributed by atoms with Gasteiger partial charge in [-0.1, -0.05) is 0 Å². The molecule has 0 bridgehead atoms. The zero-order valence-corrected chi connectivity index (χ0v) is 18.9. The number of carboxylic acid groups (broad SMARTS) is 2. The van der Waals surface area contributed by atoms with Crippen molar-refractivity contribution in [1.29, 1.82) is 0 Å². The molecule has 194 valence electrons. The molecule has 0 radical (unpaired) electrons. The van der Waals surface area contributed by atoms with Crippen LogP contribution in [0.5, 0.6) is 0 Å². The fourth-order valence-corrected chi connectivity index (χ4v) is 2.92. The molecular weight excluding hydrogens is 466 g/mol. The summed E-state index contributed by atoms with van der Waals surface area (Å²) in [6.45, 7) is -0.308. The van der Waals surface area contributed by atoms with Gasteiger partial charge in [-0.15, -0.1) is 0 Å². The van der Waals surface area contributed by atoms with Gasteiger partial charge in [-0.3, -0.25) is 24.2 Å². The number of rotatable bonds is 16. The van der Waals surface area contributed by atoms with Gasteiger partial charge in [-0.25, -0.2) is 9.78 Å². The van der Waals surface area contributed by atoms with Crippen LogP contribution in [0.15, 0.2) is 17.5 Å². The van der Waals surface area contributed by atoms with Gasteiger partial charge in [0, 0.05) is 31.3 Å². The molecule has 0 aliphatic carbocycles. The molecule has 1 heterocycles. The van der Waals surface area contributed by atoms with E-state index in [1.165, 1.54) is 12.5 Å². The SMILES string of the molecule is NCC(=O)NC(CCC(=O)O)C(=O)NC(CCCN=C(N)N)C(=O)NC(Cc1cnc[nH]1)C(=O)O. The number of guanidine groups is 1. The Labute approximate surface area is 200 Å². The number of aliphatic carboxylic acids is 2. The minimum absolute atomic E-state index is 0.0151. The highest BCUT2D eigenvalue weighted by Gasteiger charge is 2.29. The van der Waals surface area contributed by atoms with Crippen LogP contribution in [0.3, 0.4) is 0 Å². The van der Waals surface area contributed by atoms with Crippen LogP contribution < -0.4 is 33.2 Å². The molecule has 0 aromatic carbocycles. The highest BCUT2D eigenvalue weighted by molar-refractivity contribution is 5.93. The van der Waals surface area contributed by atoms with E-state index < -0.39 is 60.8 Å². The second-order valence-electron chi connectivity index (χ2n) is 7.45. The van der Waals surface area contributed by atoms with Crippen LogP contribution in [0, 0.1) is 0 Å². The Kier molecular flexibility index (Phi) is 12.2. The number of carbonyl (C=O) groups is 5. The molecule has 0 saturated carbocycles. The summed E-state index contributed by atoms with van der Waals surface area (Å²) in [6.07, 6.45) is 2.23. The summed E-state index contributed by atoms with van der Waals surface area (Å²) in [7, 11) is 0. The molecule has 0 aliphatic heterocycles. The van der Waals surface area contributed by atoms with Crippen molar-refractivity contribution >= 4 is 35.6 Å². The molecule has 35 heavy (non-hydrogen) atoms. The predicted octanol–water partition coefficient (Wildman–Crippen LogP) is -3.63. The first-order valence-electron chi connectivity index (χ1n) is 10.6. The monoisotopic (exact) mass is 497 g/mol. The van der Waals surface area contributed by atoms with Gasteiger partial charge >= 0.3 is 11.9 Å². The lowest BCUT2D eigenvalue weighted by molar-refractivity contribution is -0.142. The number of nitrogens with one attached hydrogen (secondary N) is 4. The quantitative estimate of drug-likeness (QED) is 0.0610. The van der Waals surface area contributed by atoms with Crippen LogP contribution in [-0.4, -0.2) is 87.0 Å². The van der Waals surface area contributed by atoms with E-state index in [0.29, 0.717) is 5.69 Å². The minimum Gasteiger partial charge on any atom is -0.481 e. The first-order chi connectivity index (χ1) is 16.5. The minimum atomic E-state index is -1.33. The highest BCUT2D eigenvalue weighted by atomic mass is 16.4. The van der Waals surface area contributed by atoms with Crippen molar-refractivity contribution in [1.82, 2.24) is 25.9 Å². The second-order valence-corrected chi connectivity index (χ2v) is 7.45. The molecule has 12 N–H and O–H groups in total. The van der Waals surface area contributed by atoms with Crippen molar-refractivity contribution in [3.05, 3.63) is 18.2 Å². The molecule has 1 aromatic rings. The molecule has 0 fully saturated rings. The average molecular weight is 498 g/mol. The van der Waals surface area contributed by atoms with Gasteiger partial charge in [-0.2, -0.15) is 0 Å². The van der Waals surface area contributed by atoms with Gasteiger partial charge in [0.15, 0.2) is 5.96 Å². The average Bonchev–Trinajstić information content (AvgIpc) is 3.30. The Balaban J connectivity index is 2.99. The smallest absolute Gasteiger partial charge is 0.326 e. The summed E-state index contributed by atoms with van der Waals surface area (Å²) in [6, 6.07) is -3.85. The third-order valence-electron chi connectivity index (χ3n) is 4.66. The van der Waals surface area contributed by atoms with E-state index in [-0.39, 0.29) is 38.2 Å². The number of amides is 3. The van der Waals surface area contributed by atoms with Crippen molar-refractivity contribution in [2.24, 2.45) is 22.2 Å². The van der Waals surface area contributed by atoms with E-state index in [9.17, 15) is 29.1 Å². The number of hydrogen-bond donors (Lipinski definition) is 9. The van der Waals surface area contributed by atoms with E-state index in [2.05, 4.69) is 30.9 Å². The van der Waals surface area contributed by atoms with Gasteiger partial charge in [0.05, 0.1) is 12.9 Å². The Morgan fingerprint density at radius 2 is 1.63 bits per heavy atom. The molecule has 3 atom stereocenters.